The van der Waals surface area contributed by atoms with E-state index >= 15 is 0 Å². The lowest BCUT2D eigenvalue weighted by atomic mass is 10.2. The summed E-state index contributed by atoms with van der Waals surface area (Å²) in [7, 11) is -3.74. The Bertz CT molecular complexity index is 639. The summed E-state index contributed by atoms with van der Waals surface area (Å²) in [6.07, 6.45) is 0.763. The summed E-state index contributed by atoms with van der Waals surface area (Å²) in [6, 6.07) is 3.22. The van der Waals surface area contributed by atoms with E-state index in [1.165, 1.54) is 0 Å². The van der Waals surface area contributed by atoms with Crippen LogP contribution in [0.1, 0.15) is 20.3 Å². The summed E-state index contributed by atoms with van der Waals surface area (Å²) in [4.78, 5) is 9.83. The Kier molecular flexibility index (Phi) is 3.02. The number of nitro benzene ring substituents is 1. The highest BCUT2D eigenvalue weighted by Crippen LogP contribution is 2.45. The lowest BCUT2D eigenvalue weighted by molar-refractivity contribution is -0.384. The highest BCUT2D eigenvalue weighted by Gasteiger charge is 2.48. The van der Waals surface area contributed by atoms with Crippen LogP contribution in [0.2, 0.25) is 0 Å². The fraction of sp³-hybridized carbons (Fsp3) is 0.455. The van der Waals surface area contributed by atoms with Gasteiger partial charge in [0.05, 0.1) is 10.6 Å². The van der Waals surface area contributed by atoms with Crippen LogP contribution in [0.4, 0.5) is 11.4 Å². The standard InChI is InChI=1S/C11H15N3O4S/c1-11(2)6-10(11)13-19(17,18)9-4-3-7(14(15)16)5-8(9)12/h3-5,10,13H,6,12H2,1-2H3. The first kappa shape index (κ1) is 13.8. The topological polar surface area (TPSA) is 115 Å². The summed E-state index contributed by atoms with van der Waals surface area (Å²) in [6.45, 7) is 3.92. The van der Waals surface area contributed by atoms with Crippen LogP contribution in [0.5, 0.6) is 0 Å². The Morgan fingerprint density at radius 1 is 1.47 bits per heavy atom. The Hall–Kier alpha value is -1.67. The average Bonchev–Trinajstić information content (AvgIpc) is 2.83. The maximum atomic E-state index is 12.1. The highest BCUT2D eigenvalue weighted by atomic mass is 32.2. The third-order valence-electron chi connectivity index (χ3n) is 3.30. The molecule has 0 radical (unpaired) electrons. The van der Waals surface area contributed by atoms with Gasteiger partial charge < -0.3 is 5.73 Å². The minimum absolute atomic E-state index is 0.0530. The molecule has 1 aromatic carbocycles. The summed E-state index contributed by atoms with van der Waals surface area (Å²) in [5, 5.41) is 10.6. The highest BCUT2D eigenvalue weighted by molar-refractivity contribution is 7.89. The van der Waals surface area contributed by atoms with E-state index in [4.69, 9.17) is 5.73 Å². The van der Waals surface area contributed by atoms with Gasteiger partial charge in [-0.1, -0.05) is 13.8 Å². The van der Waals surface area contributed by atoms with Crippen LogP contribution in [0.15, 0.2) is 23.1 Å². The second-order valence-electron chi connectivity index (χ2n) is 5.35. The van der Waals surface area contributed by atoms with Crippen molar-refractivity contribution in [2.75, 3.05) is 5.73 Å². The predicted molar refractivity (Wildman–Crippen MR) is 70.0 cm³/mol. The monoisotopic (exact) mass is 285 g/mol. The van der Waals surface area contributed by atoms with Gasteiger partial charge in [0.25, 0.3) is 5.69 Å². The van der Waals surface area contributed by atoms with Crippen molar-refractivity contribution in [2.45, 2.75) is 31.2 Å². The molecule has 1 saturated carbocycles. The van der Waals surface area contributed by atoms with Gasteiger partial charge in [0.1, 0.15) is 4.90 Å². The molecule has 0 saturated heterocycles. The molecule has 1 atom stereocenters. The van der Waals surface area contributed by atoms with E-state index in [-0.39, 0.29) is 27.7 Å². The minimum Gasteiger partial charge on any atom is -0.397 e. The smallest absolute Gasteiger partial charge is 0.271 e. The molecule has 0 aliphatic heterocycles. The zero-order valence-corrected chi connectivity index (χ0v) is 11.4. The van der Waals surface area contributed by atoms with Gasteiger partial charge in [-0.2, -0.15) is 0 Å². The first-order valence-electron chi connectivity index (χ1n) is 5.70. The van der Waals surface area contributed by atoms with E-state index in [0.717, 1.165) is 24.6 Å². The molecule has 0 aromatic heterocycles. The Morgan fingerprint density at radius 3 is 2.47 bits per heavy atom. The Balaban J connectivity index is 2.28. The number of rotatable bonds is 4. The summed E-state index contributed by atoms with van der Waals surface area (Å²) < 4.78 is 26.8. The van der Waals surface area contributed by atoms with Gasteiger partial charge in [0.2, 0.25) is 10.0 Å². The molecule has 8 heteroatoms. The number of nitrogen functional groups attached to an aromatic ring is 1. The van der Waals surface area contributed by atoms with Crippen molar-refractivity contribution in [1.82, 2.24) is 4.72 Å². The fourth-order valence-electron chi connectivity index (χ4n) is 1.81. The van der Waals surface area contributed by atoms with Crippen molar-refractivity contribution in [3.63, 3.8) is 0 Å². The molecule has 0 amide bonds. The number of hydrogen-bond acceptors (Lipinski definition) is 5. The predicted octanol–water partition coefficient (Wildman–Crippen LogP) is 1.25. The molecular formula is C11H15N3O4S. The van der Waals surface area contributed by atoms with E-state index in [1.807, 2.05) is 13.8 Å². The second-order valence-corrected chi connectivity index (χ2v) is 7.03. The molecule has 3 N–H and O–H groups in total. The molecule has 0 heterocycles. The third-order valence-corrected chi connectivity index (χ3v) is 4.85. The number of nitro groups is 1. The van der Waals surface area contributed by atoms with Crippen LogP contribution in [0.25, 0.3) is 0 Å². The van der Waals surface area contributed by atoms with Crippen LogP contribution in [-0.4, -0.2) is 19.4 Å². The maximum Gasteiger partial charge on any atom is 0.271 e. The number of nitrogens with zero attached hydrogens (tertiary/aromatic N) is 1. The Morgan fingerprint density at radius 2 is 2.05 bits per heavy atom. The number of sulfonamides is 1. The van der Waals surface area contributed by atoms with E-state index in [1.54, 1.807) is 0 Å². The van der Waals surface area contributed by atoms with Gasteiger partial charge in [-0.3, -0.25) is 10.1 Å². The van der Waals surface area contributed by atoms with Gasteiger partial charge in [-0.25, -0.2) is 13.1 Å². The molecule has 1 aromatic rings. The van der Waals surface area contributed by atoms with E-state index in [2.05, 4.69) is 4.72 Å². The van der Waals surface area contributed by atoms with Crippen molar-refractivity contribution in [1.29, 1.82) is 0 Å². The maximum absolute atomic E-state index is 12.1. The van der Waals surface area contributed by atoms with E-state index < -0.39 is 14.9 Å². The van der Waals surface area contributed by atoms with Gasteiger partial charge >= 0.3 is 0 Å². The van der Waals surface area contributed by atoms with Crippen LogP contribution < -0.4 is 10.5 Å². The number of nitrogens with one attached hydrogen (secondary N) is 1. The van der Waals surface area contributed by atoms with Crippen molar-refractivity contribution in [2.24, 2.45) is 5.41 Å². The first-order valence-corrected chi connectivity index (χ1v) is 7.18. The fourth-order valence-corrected chi connectivity index (χ4v) is 3.33. The van der Waals surface area contributed by atoms with Crippen LogP contribution >= 0.6 is 0 Å². The zero-order valence-electron chi connectivity index (χ0n) is 10.6. The van der Waals surface area contributed by atoms with Crippen LogP contribution in [-0.2, 0) is 10.0 Å². The van der Waals surface area contributed by atoms with Crippen LogP contribution in [0, 0.1) is 15.5 Å². The molecule has 0 bridgehead atoms. The molecule has 104 valence electrons. The van der Waals surface area contributed by atoms with Crippen molar-refractivity contribution in [3.05, 3.63) is 28.3 Å². The van der Waals surface area contributed by atoms with Gasteiger partial charge in [-0.05, 0) is 17.9 Å². The van der Waals surface area contributed by atoms with Gasteiger partial charge in [-0.15, -0.1) is 0 Å². The minimum atomic E-state index is -3.74. The van der Waals surface area contributed by atoms with E-state index in [9.17, 15) is 18.5 Å². The number of benzene rings is 1. The molecule has 1 fully saturated rings. The van der Waals surface area contributed by atoms with Gasteiger partial charge in [0, 0.05) is 18.2 Å². The first-order chi connectivity index (χ1) is 8.63. The second kappa shape index (κ2) is 4.17. The van der Waals surface area contributed by atoms with Crippen molar-refractivity contribution >= 4 is 21.4 Å². The van der Waals surface area contributed by atoms with Crippen molar-refractivity contribution < 1.29 is 13.3 Å². The largest absolute Gasteiger partial charge is 0.397 e. The van der Waals surface area contributed by atoms with Crippen molar-refractivity contribution in [3.8, 4) is 0 Å². The molecular weight excluding hydrogens is 270 g/mol. The summed E-state index contributed by atoms with van der Waals surface area (Å²) >= 11 is 0. The Labute approximate surface area is 111 Å². The summed E-state index contributed by atoms with van der Waals surface area (Å²) in [5.74, 6) is 0. The van der Waals surface area contributed by atoms with Gasteiger partial charge in [0.15, 0.2) is 0 Å². The lowest BCUT2D eigenvalue weighted by Gasteiger charge is -2.10. The molecule has 7 nitrogen and oxygen atoms in total. The number of nitrogens with two attached hydrogens (primary N) is 1. The normalized spacial score (nSPS) is 21.1. The van der Waals surface area contributed by atoms with Crippen LogP contribution in [0.3, 0.4) is 0 Å². The molecule has 1 aliphatic carbocycles. The average molecular weight is 285 g/mol. The number of anilines is 1. The molecule has 1 aliphatic rings. The quantitative estimate of drug-likeness (QED) is 0.491. The molecule has 2 rings (SSSR count). The summed E-state index contributed by atoms with van der Waals surface area (Å²) in [5.41, 5.74) is 5.17. The number of hydrogen-bond donors (Lipinski definition) is 2. The third kappa shape index (κ3) is 2.69. The number of non-ortho nitro benzene ring substituents is 1. The zero-order chi connectivity index (χ0) is 14.4. The lowest BCUT2D eigenvalue weighted by Crippen LogP contribution is -2.29. The molecule has 19 heavy (non-hydrogen) atoms. The molecule has 0 spiro atoms. The SMILES string of the molecule is CC1(C)CC1NS(=O)(=O)c1ccc([N+](=O)[O-])cc1N. The molecule has 1 unspecified atom stereocenters. The van der Waals surface area contributed by atoms with E-state index in [0.29, 0.717) is 0 Å².